The number of carbonyl (C=O) groups is 1. The molecule has 1 aromatic heterocycles. The summed E-state index contributed by atoms with van der Waals surface area (Å²) in [5.74, 6) is 0.132. The van der Waals surface area contributed by atoms with E-state index in [-0.39, 0.29) is 17.2 Å². The molecule has 180 valence electrons. The van der Waals surface area contributed by atoms with Crippen molar-refractivity contribution in [3.8, 4) is 11.5 Å². The lowest BCUT2D eigenvalue weighted by Crippen LogP contribution is -2.24. The molecular weight excluding hydrogens is 570 g/mol. The topological polar surface area (TPSA) is 103 Å². The van der Waals surface area contributed by atoms with Gasteiger partial charge in [0.1, 0.15) is 5.82 Å². The number of rotatable bonds is 9. The second kappa shape index (κ2) is 11.1. The minimum absolute atomic E-state index is 0.0110. The normalized spacial score (nSPS) is 13.2. The van der Waals surface area contributed by atoms with E-state index in [9.17, 15) is 14.7 Å². The van der Waals surface area contributed by atoms with Gasteiger partial charge >= 0.3 is 5.97 Å². The van der Waals surface area contributed by atoms with Gasteiger partial charge in [-0.1, -0.05) is 29.8 Å². The summed E-state index contributed by atoms with van der Waals surface area (Å²) in [6.07, 6.45) is 1.27. The van der Waals surface area contributed by atoms with Crippen molar-refractivity contribution in [3.05, 3.63) is 61.0 Å². The standard InChI is InChI=1S/C24H25Br2N3O5/c1-5-13(3)22-28-19-8-7-16(25)11-17(19)23(30)29(22)27-12-15-9-18(26)21(20(10-15)33-6-2)34-14(4)24(31)32/h7-14H,5-6H2,1-4H3,(H,31,32)/t13-,14-/m1/s1. The zero-order valence-corrected chi connectivity index (χ0v) is 22.4. The highest BCUT2D eigenvalue weighted by Gasteiger charge is 2.20. The van der Waals surface area contributed by atoms with Crippen molar-refractivity contribution in [1.29, 1.82) is 0 Å². The number of nitrogens with zero attached hydrogens (tertiary/aromatic N) is 3. The number of hydrogen-bond acceptors (Lipinski definition) is 6. The molecule has 1 heterocycles. The summed E-state index contributed by atoms with van der Waals surface area (Å²) in [5, 5.41) is 14.1. The number of carboxylic acids is 1. The van der Waals surface area contributed by atoms with Gasteiger partial charge in [-0.05, 0) is 72.1 Å². The van der Waals surface area contributed by atoms with Gasteiger partial charge in [0.2, 0.25) is 0 Å². The monoisotopic (exact) mass is 593 g/mol. The van der Waals surface area contributed by atoms with Crippen molar-refractivity contribution in [3.63, 3.8) is 0 Å². The predicted molar refractivity (Wildman–Crippen MR) is 138 cm³/mol. The maximum Gasteiger partial charge on any atom is 0.344 e. The second-order valence-electron chi connectivity index (χ2n) is 7.66. The molecule has 0 saturated carbocycles. The van der Waals surface area contributed by atoms with Crippen molar-refractivity contribution in [2.75, 3.05) is 6.61 Å². The Balaban J connectivity index is 2.11. The highest BCUT2D eigenvalue weighted by Crippen LogP contribution is 2.37. The van der Waals surface area contributed by atoms with E-state index < -0.39 is 12.1 Å². The van der Waals surface area contributed by atoms with Gasteiger partial charge in [-0.2, -0.15) is 9.78 Å². The Labute approximate surface area is 213 Å². The van der Waals surface area contributed by atoms with Crippen LogP contribution in [0.4, 0.5) is 0 Å². The molecule has 34 heavy (non-hydrogen) atoms. The smallest absolute Gasteiger partial charge is 0.344 e. The first-order valence-corrected chi connectivity index (χ1v) is 12.4. The number of fused-ring (bicyclic) bond motifs is 1. The van der Waals surface area contributed by atoms with E-state index >= 15 is 0 Å². The molecule has 0 amide bonds. The maximum atomic E-state index is 13.3. The fourth-order valence-electron chi connectivity index (χ4n) is 3.17. The fourth-order valence-corrected chi connectivity index (χ4v) is 4.08. The third-order valence-electron chi connectivity index (χ3n) is 5.18. The molecular formula is C24H25Br2N3O5. The zero-order chi connectivity index (χ0) is 25.0. The summed E-state index contributed by atoms with van der Waals surface area (Å²) in [5.41, 5.74) is 0.976. The van der Waals surface area contributed by atoms with E-state index in [1.807, 2.05) is 32.9 Å². The lowest BCUT2D eigenvalue weighted by Gasteiger charge is -2.17. The molecule has 0 saturated heterocycles. The molecule has 1 N–H and O–H groups in total. The van der Waals surface area contributed by atoms with Crippen LogP contribution in [0, 0.1) is 0 Å². The van der Waals surface area contributed by atoms with Crippen LogP contribution >= 0.6 is 31.9 Å². The van der Waals surface area contributed by atoms with E-state index in [0.29, 0.717) is 39.1 Å². The molecule has 0 bridgehead atoms. The first kappa shape index (κ1) is 25.9. The highest BCUT2D eigenvalue weighted by molar-refractivity contribution is 9.10. The summed E-state index contributed by atoms with van der Waals surface area (Å²) >= 11 is 6.84. The number of aliphatic carboxylic acids is 1. The Kier molecular flexibility index (Phi) is 8.48. The molecule has 0 spiro atoms. The molecule has 8 nitrogen and oxygen atoms in total. The summed E-state index contributed by atoms with van der Waals surface area (Å²) in [6, 6.07) is 8.79. The van der Waals surface area contributed by atoms with Crippen molar-refractivity contribution in [1.82, 2.24) is 9.66 Å². The third kappa shape index (κ3) is 5.67. The molecule has 3 aromatic rings. The average molecular weight is 595 g/mol. The van der Waals surface area contributed by atoms with E-state index in [2.05, 4.69) is 37.0 Å². The largest absolute Gasteiger partial charge is 0.490 e. The quantitative estimate of drug-likeness (QED) is 0.325. The van der Waals surface area contributed by atoms with E-state index in [1.165, 1.54) is 17.8 Å². The van der Waals surface area contributed by atoms with Crippen LogP contribution in [-0.2, 0) is 4.79 Å². The van der Waals surface area contributed by atoms with Crippen LogP contribution in [-0.4, -0.2) is 39.7 Å². The number of benzene rings is 2. The fraction of sp³-hybridized carbons (Fsp3) is 0.333. The van der Waals surface area contributed by atoms with Crippen LogP contribution in [0.3, 0.4) is 0 Å². The average Bonchev–Trinajstić information content (AvgIpc) is 2.80. The van der Waals surface area contributed by atoms with Crippen LogP contribution in [0.25, 0.3) is 10.9 Å². The zero-order valence-electron chi connectivity index (χ0n) is 19.2. The molecule has 2 atom stereocenters. The van der Waals surface area contributed by atoms with Crippen LogP contribution in [0.2, 0.25) is 0 Å². The lowest BCUT2D eigenvalue weighted by molar-refractivity contribution is -0.144. The Morgan fingerprint density at radius 1 is 1.24 bits per heavy atom. The number of halogens is 2. The Morgan fingerprint density at radius 2 is 1.97 bits per heavy atom. The molecule has 0 aliphatic carbocycles. The number of aromatic nitrogens is 2. The minimum atomic E-state index is -1.09. The van der Waals surface area contributed by atoms with E-state index in [1.54, 1.807) is 18.2 Å². The van der Waals surface area contributed by atoms with Crippen molar-refractivity contribution >= 4 is 54.9 Å². The minimum Gasteiger partial charge on any atom is -0.490 e. The van der Waals surface area contributed by atoms with Gasteiger partial charge in [0.15, 0.2) is 17.6 Å². The SMILES string of the molecule is CCOc1cc(C=Nn2c([C@H](C)CC)nc3ccc(Br)cc3c2=O)cc(Br)c1O[C@H](C)C(=O)O. The molecule has 2 aromatic carbocycles. The first-order chi connectivity index (χ1) is 16.2. The Bertz CT molecular complexity index is 1310. The van der Waals surface area contributed by atoms with Crippen molar-refractivity contribution in [2.24, 2.45) is 5.10 Å². The lowest BCUT2D eigenvalue weighted by atomic mass is 10.1. The van der Waals surface area contributed by atoms with Crippen molar-refractivity contribution in [2.45, 2.75) is 46.1 Å². The van der Waals surface area contributed by atoms with Crippen LogP contribution in [0.1, 0.15) is 51.4 Å². The van der Waals surface area contributed by atoms with E-state index in [4.69, 9.17) is 14.5 Å². The van der Waals surface area contributed by atoms with Gasteiger partial charge in [0.25, 0.3) is 5.56 Å². The third-order valence-corrected chi connectivity index (χ3v) is 6.27. The number of hydrogen-bond donors (Lipinski definition) is 1. The Hall–Kier alpha value is -2.72. The van der Waals surface area contributed by atoms with Crippen LogP contribution < -0.4 is 15.0 Å². The van der Waals surface area contributed by atoms with Gasteiger partial charge in [-0.25, -0.2) is 9.78 Å². The Morgan fingerprint density at radius 3 is 2.62 bits per heavy atom. The predicted octanol–water partition coefficient (Wildman–Crippen LogP) is 5.57. The summed E-state index contributed by atoms with van der Waals surface area (Å²) in [4.78, 5) is 29.2. The van der Waals surface area contributed by atoms with Crippen LogP contribution in [0.15, 0.2) is 49.2 Å². The van der Waals surface area contributed by atoms with E-state index in [0.717, 1.165) is 10.9 Å². The molecule has 0 unspecified atom stereocenters. The molecule has 0 fully saturated rings. The van der Waals surface area contributed by atoms with Crippen molar-refractivity contribution < 1.29 is 19.4 Å². The molecule has 10 heteroatoms. The molecule has 3 rings (SSSR count). The van der Waals surface area contributed by atoms with Gasteiger partial charge in [0.05, 0.1) is 28.2 Å². The van der Waals surface area contributed by atoms with Gasteiger partial charge in [-0.3, -0.25) is 4.79 Å². The number of carboxylic acid groups (broad SMARTS) is 1. The first-order valence-electron chi connectivity index (χ1n) is 10.8. The summed E-state index contributed by atoms with van der Waals surface area (Å²) in [7, 11) is 0. The molecule has 0 aliphatic rings. The van der Waals surface area contributed by atoms with Gasteiger partial charge < -0.3 is 14.6 Å². The molecule has 0 radical (unpaired) electrons. The molecule has 0 aliphatic heterocycles. The van der Waals surface area contributed by atoms with Gasteiger partial charge in [-0.15, -0.1) is 0 Å². The van der Waals surface area contributed by atoms with Gasteiger partial charge in [0, 0.05) is 10.4 Å². The second-order valence-corrected chi connectivity index (χ2v) is 9.43. The number of ether oxygens (including phenoxy) is 2. The summed E-state index contributed by atoms with van der Waals surface area (Å²) < 4.78 is 13.8. The maximum absolute atomic E-state index is 13.3. The highest BCUT2D eigenvalue weighted by atomic mass is 79.9. The summed E-state index contributed by atoms with van der Waals surface area (Å²) in [6.45, 7) is 7.63. The van der Waals surface area contributed by atoms with Crippen LogP contribution in [0.5, 0.6) is 11.5 Å².